The van der Waals surface area contributed by atoms with E-state index < -0.39 is 5.54 Å². The molecule has 5 nitrogen and oxygen atoms in total. The molecule has 1 aliphatic heterocycles. The smallest absolute Gasteiger partial charge is 0.310 e. The molecule has 1 aliphatic rings. The predicted octanol–water partition coefficient (Wildman–Crippen LogP) is 3.40. The summed E-state index contributed by atoms with van der Waals surface area (Å²) in [7, 11) is 0. The number of carbonyl (C=O) groups is 2. The Hall–Kier alpha value is -2.82. The molecule has 0 spiro atoms. The van der Waals surface area contributed by atoms with Crippen LogP contribution in [-0.2, 0) is 20.7 Å². The van der Waals surface area contributed by atoms with Crippen LogP contribution in [0.3, 0.4) is 0 Å². The van der Waals surface area contributed by atoms with Gasteiger partial charge in [-0.15, -0.1) is 0 Å². The highest BCUT2D eigenvalue weighted by Gasteiger charge is 2.38. The first-order chi connectivity index (χ1) is 12.5. The van der Waals surface area contributed by atoms with Crippen LogP contribution in [0.5, 0.6) is 0 Å². The van der Waals surface area contributed by atoms with Gasteiger partial charge in [-0.05, 0) is 38.0 Å². The lowest BCUT2D eigenvalue weighted by Gasteiger charge is -2.40. The van der Waals surface area contributed by atoms with Crippen molar-refractivity contribution in [3.8, 4) is 0 Å². The van der Waals surface area contributed by atoms with Crippen LogP contribution >= 0.6 is 0 Å². The maximum Gasteiger partial charge on any atom is 0.310 e. The predicted molar refractivity (Wildman–Crippen MR) is 102 cm³/mol. The molecule has 0 bridgehead atoms. The van der Waals surface area contributed by atoms with E-state index in [2.05, 4.69) is 5.32 Å². The van der Waals surface area contributed by atoms with Gasteiger partial charge in [-0.1, -0.05) is 42.5 Å². The average molecular weight is 352 g/mol. The van der Waals surface area contributed by atoms with Crippen LogP contribution in [0.2, 0.25) is 0 Å². The van der Waals surface area contributed by atoms with Crippen molar-refractivity contribution in [2.75, 3.05) is 23.4 Å². The first-order valence-electron chi connectivity index (χ1n) is 8.86. The fourth-order valence-corrected chi connectivity index (χ4v) is 3.10. The van der Waals surface area contributed by atoms with Crippen LogP contribution in [0.15, 0.2) is 54.6 Å². The van der Waals surface area contributed by atoms with Crippen LogP contribution in [0.25, 0.3) is 0 Å². The van der Waals surface area contributed by atoms with Crippen molar-refractivity contribution in [3.05, 3.63) is 60.2 Å². The van der Waals surface area contributed by atoms with Gasteiger partial charge in [0.15, 0.2) is 0 Å². The van der Waals surface area contributed by atoms with E-state index in [0.717, 1.165) is 16.9 Å². The molecule has 0 saturated carbocycles. The monoisotopic (exact) mass is 352 g/mol. The minimum atomic E-state index is -0.654. The lowest BCUT2D eigenvalue weighted by Crippen LogP contribution is -2.54. The molecule has 2 aromatic rings. The van der Waals surface area contributed by atoms with Gasteiger partial charge in [0, 0.05) is 6.54 Å². The number of ether oxygens (including phenoxy) is 1. The summed E-state index contributed by atoms with van der Waals surface area (Å²) in [5, 5.41) is 3.28. The molecule has 3 rings (SSSR count). The second-order valence-electron chi connectivity index (χ2n) is 6.96. The highest BCUT2D eigenvalue weighted by molar-refractivity contribution is 6.07. The molecule has 0 fully saturated rings. The number of benzene rings is 2. The summed E-state index contributed by atoms with van der Waals surface area (Å²) in [5.41, 5.74) is 2.09. The molecule has 0 atom stereocenters. The van der Waals surface area contributed by atoms with Crippen molar-refractivity contribution in [2.24, 2.45) is 0 Å². The molecule has 26 heavy (non-hydrogen) atoms. The van der Waals surface area contributed by atoms with E-state index in [1.807, 2.05) is 68.4 Å². The molecule has 0 radical (unpaired) electrons. The standard InChI is InChI=1S/C21H24N2O3/c1-21(2)20(25)23(18-12-7-6-11-17(18)22-21)13-8-14-26-19(24)15-16-9-4-3-5-10-16/h3-7,9-12,22H,8,13-15H2,1-2H3. The third-order valence-corrected chi connectivity index (χ3v) is 4.40. The van der Waals surface area contributed by atoms with Gasteiger partial charge in [0.1, 0.15) is 5.54 Å². The van der Waals surface area contributed by atoms with E-state index >= 15 is 0 Å². The van der Waals surface area contributed by atoms with Gasteiger partial charge in [-0.3, -0.25) is 9.59 Å². The Bertz CT molecular complexity index is 787. The Morgan fingerprint density at radius 3 is 2.54 bits per heavy atom. The topological polar surface area (TPSA) is 58.6 Å². The molecule has 0 saturated heterocycles. The Kier molecular flexibility index (Phi) is 5.26. The Morgan fingerprint density at radius 1 is 1.08 bits per heavy atom. The largest absolute Gasteiger partial charge is 0.465 e. The van der Waals surface area contributed by atoms with Crippen LogP contribution in [0, 0.1) is 0 Å². The summed E-state index contributed by atoms with van der Waals surface area (Å²) in [6.07, 6.45) is 0.861. The van der Waals surface area contributed by atoms with E-state index in [9.17, 15) is 9.59 Å². The second-order valence-corrected chi connectivity index (χ2v) is 6.96. The number of esters is 1. The average Bonchev–Trinajstić information content (AvgIpc) is 2.62. The molecule has 5 heteroatoms. The lowest BCUT2D eigenvalue weighted by atomic mass is 9.98. The first-order valence-corrected chi connectivity index (χ1v) is 8.86. The number of nitrogens with zero attached hydrogens (tertiary/aromatic N) is 1. The molecular formula is C21H24N2O3. The van der Waals surface area contributed by atoms with E-state index in [1.54, 1.807) is 4.90 Å². The molecule has 0 aromatic heterocycles. The number of carbonyl (C=O) groups excluding carboxylic acids is 2. The Morgan fingerprint density at radius 2 is 1.77 bits per heavy atom. The quantitative estimate of drug-likeness (QED) is 0.639. The molecule has 1 N–H and O–H groups in total. The van der Waals surface area contributed by atoms with Crippen molar-refractivity contribution in [3.63, 3.8) is 0 Å². The van der Waals surface area contributed by atoms with E-state index in [1.165, 1.54) is 0 Å². The molecule has 0 unspecified atom stereocenters. The van der Waals surface area contributed by atoms with Gasteiger partial charge in [-0.25, -0.2) is 0 Å². The highest BCUT2D eigenvalue weighted by atomic mass is 16.5. The third kappa shape index (κ3) is 4.04. The van der Waals surface area contributed by atoms with E-state index in [4.69, 9.17) is 4.74 Å². The van der Waals surface area contributed by atoms with Crippen LogP contribution < -0.4 is 10.2 Å². The van der Waals surface area contributed by atoms with Crippen molar-refractivity contribution in [1.29, 1.82) is 0 Å². The molecule has 1 amide bonds. The normalized spacial score (nSPS) is 15.2. The summed E-state index contributed by atoms with van der Waals surface area (Å²) < 4.78 is 5.32. The SMILES string of the molecule is CC1(C)Nc2ccccc2N(CCCOC(=O)Cc2ccccc2)C1=O. The van der Waals surface area contributed by atoms with Crippen molar-refractivity contribution in [1.82, 2.24) is 0 Å². The Balaban J connectivity index is 1.54. The zero-order valence-electron chi connectivity index (χ0n) is 15.2. The number of amides is 1. The van der Waals surface area contributed by atoms with Gasteiger partial charge in [-0.2, -0.15) is 0 Å². The zero-order chi connectivity index (χ0) is 18.6. The summed E-state index contributed by atoms with van der Waals surface area (Å²) in [4.78, 5) is 26.4. The van der Waals surface area contributed by atoms with E-state index in [-0.39, 0.29) is 18.3 Å². The maximum absolute atomic E-state index is 12.7. The number of anilines is 2. The second kappa shape index (κ2) is 7.60. The minimum Gasteiger partial charge on any atom is -0.465 e. The fourth-order valence-electron chi connectivity index (χ4n) is 3.10. The molecular weight excluding hydrogens is 328 g/mol. The lowest BCUT2D eigenvalue weighted by molar-refractivity contribution is -0.142. The van der Waals surface area contributed by atoms with Gasteiger partial charge < -0.3 is 15.0 Å². The van der Waals surface area contributed by atoms with Gasteiger partial charge >= 0.3 is 5.97 Å². The van der Waals surface area contributed by atoms with Gasteiger partial charge in [0.25, 0.3) is 5.91 Å². The number of para-hydroxylation sites is 2. The van der Waals surface area contributed by atoms with Crippen LogP contribution in [0.4, 0.5) is 11.4 Å². The summed E-state index contributed by atoms with van der Waals surface area (Å²) in [5.74, 6) is -0.227. The van der Waals surface area contributed by atoms with Crippen LogP contribution in [-0.4, -0.2) is 30.6 Å². The maximum atomic E-state index is 12.7. The van der Waals surface area contributed by atoms with E-state index in [0.29, 0.717) is 19.6 Å². The third-order valence-electron chi connectivity index (χ3n) is 4.40. The number of rotatable bonds is 6. The molecule has 0 aliphatic carbocycles. The minimum absolute atomic E-state index is 0.0202. The van der Waals surface area contributed by atoms with Gasteiger partial charge in [0.05, 0.1) is 24.4 Å². The number of nitrogens with one attached hydrogen (secondary N) is 1. The molecule has 1 heterocycles. The number of hydrogen-bond acceptors (Lipinski definition) is 4. The van der Waals surface area contributed by atoms with Crippen molar-refractivity contribution < 1.29 is 14.3 Å². The van der Waals surface area contributed by atoms with Crippen molar-refractivity contribution >= 4 is 23.3 Å². The fraction of sp³-hybridized carbons (Fsp3) is 0.333. The Labute approximate surface area is 154 Å². The summed E-state index contributed by atoms with van der Waals surface area (Å²) in [6, 6.07) is 17.3. The highest BCUT2D eigenvalue weighted by Crippen LogP contribution is 2.34. The number of fused-ring (bicyclic) bond motifs is 1. The van der Waals surface area contributed by atoms with Crippen molar-refractivity contribution in [2.45, 2.75) is 32.2 Å². The summed E-state index contributed by atoms with van der Waals surface area (Å²) in [6.45, 7) is 4.56. The molecule has 2 aromatic carbocycles. The molecule has 136 valence electrons. The zero-order valence-corrected chi connectivity index (χ0v) is 15.2. The van der Waals surface area contributed by atoms with Crippen LogP contribution in [0.1, 0.15) is 25.8 Å². The number of hydrogen-bond donors (Lipinski definition) is 1. The van der Waals surface area contributed by atoms with Gasteiger partial charge in [0.2, 0.25) is 0 Å². The first kappa shape index (κ1) is 18.0. The summed E-state index contributed by atoms with van der Waals surface area (Å²) >= 11 is 0.